The second-order valence-electron chi connectivity index (χ2n) is 9.05. The SMILES string of the molecule is CC(C)[C@@H](OC[C@H]1CCCO1)C(=O)N1CC2C[C@@H]3CC1C[C@H](C2)C3. The number of hydrogen-bond acceptors (Lipinski definition) is 3. The molecule has 4 nitrogen and oxygen atoms in total. The maximum absolute atomic E-state index is 13.3. The molecule has 6 atom stereocenters. The number of carbonyl (C=O) groups excluding carboxylic acids is 1. The second kappa shape index (κ2) is 6.95. The van der Waals surface area contributed by atoms with Crippen molar-refractivity contribution in [2.75, 3.05) is 19.8 Å². The Morgan fingerprint density at radius 2 is 1.83 bits per heavy atom. The molecule has 4 bridgehead atoms. The number of rotatable bonds is 5. The highest BCUT2D eigenvalue weighted by Crippen LogP contribution is 2.47. The van der Waals surface area contributed by atoms with Crippen LogP contribution in [0.15, 0.2) is 0 Å². The number of nitrogens with zero attached hydrogens (tertiary/aromatic N) is 1. The van der Waals surface area contributed by atoms with Crippen molar-refractivity contribution in [2.45, 2.75) is 77.0 Å². The molecule has 5 rings (SSSR count). The van der Waals surface area contributed by atoms with Crippen LogP contribution in [0.2, 0.25) is 0 Å². The lowest BCUT2D eigenvalue weighted by molar-refractivity contribution is -0.152. The van der Waals surface area contributed by atoms with Gasteiger partial charge in [-0.25, -0.2) is 0 Å². The molecule has 3 saturated heterocycles. The molecule has 24 heavy (non-hydrogen) atoms. The van der Waals surface area contributed by atoms with E-state index < -0.39 is 0 Å². The highest BCUT2D eigenvalue weighted by atomic mass is 16.5. The Morgan fingerprint density at radius 1 is 1.12 bits per heavy atom. The molecule has 3 heterocycles. The zero-order chi connectivity index (χ0) is 16.7. The van der Waals surface area contributed by atoms with Crippen molar-refractivity contribution in [1.29, 1.82) is 0 Å². The first kappa shape index (κ1) is 16.8. The third-order valence-electron chi connectivity index (χ3n) is 6.72. The Balaban J connectivity index is 1.43. The predicted octanol–water partition coefficient (Wildman–Crippen LogP) is 3.24. The van der Waals surface area contributed by atoms with Gasteiger partial charge in [0.2, 0.25) is 0 Å². The Bertz CT molecular complexity index is 446. The van der Waals surface area contributed by atoms with Gasteiger partial charge in [0.15, 0.2) is 0 Å². The van der Waals surface area contributed by atoms with Gasteiger partial charge in [0.05, 0.1) is 12.7 Å². The molecule has 136 valence electrons. The summed E-state index contributed by atoms with van der Waals surface area (Å²) in [6, 6.07) is 0.473. The number of fused-ring (bicyclic) bond motifs is 1. The molecule has 2 saturated carbocycles. The summed E-state index contributed by atoms with van der Waals surface area (Å²) in [5.74, 6) is 2.94. The van der Waals surface area contributed by atoms with Gasteiger partial charge in [0, 0.05) is 19.2 Å². The minimum atomic E-state index is -0.301. The number of carbonyl (C=O) groups is 1. The summed E-state index contributed by atoms with van der Waals surface area (Å²) in [4.78, 5) is 15.5. The van der Waals surface area contributed by atoms with Crippen molar-refractivity contribution < 1.29 is 14.3 Å². The van der Waals surface area contributed by atoms with Gasteiger partial charge >= 0.3 is 0 Å². The van der Waals surface area contributed by atoms with Crippen LogP contribution in [0.25, 0.3) is 0 Å². The minimum Gasteiger partial charge on any atom is -0.376 e. The number of ether oxygens (including phenoxy) is 2. The van der Waals surface area contributed by atoms with Crippen LogP contribution in [0.4, 0.5) is 0 Å². The van der Waals surface area contributed by atoms with Crippen LogP contribution in [-0.4, -0.2) is 48.8 Å². The van der Waals surface area contributed by atoms with Crippen LogP contribution in [0.1, 0.15) is 58.8 Å². The quantitative estimate of drug-likeness (QED) is 0.774. The molecular weight excluding hydrogens is 302 g/mol. The first-order valence-corrected chi connectivity index (χ1v) is 10.1. The van der Waals surface area contributed by atoms with E-state index >= 15 is 0 Å². The first-order chi connectivity index (χ1) is 11.6. The molecule has 5 fully saturated rings. The monoisotopic (exact) mass is 335 g/mol. The Hall–Kier alpha value is -0.610. The van der Waals surface area contributed by atoms with Crippen LogP contribution in [0, 0.1) is 23.7 Å². The summed E-state index contributed by atoms with van der Waals surface area (Å²) in [6.07, 6.45) is 8.65. The lowest BCUT2D eigenvalue weighted by Crippen LogP contribution is -2.49. The fourth-order valence-electron chi connectivity index (χ4n) is 5.75. The van der Waals surface area contributed by atoms with E-state index in [0.29, 0.717) is 12.6 Å². The first-order valence-electron chi connectivity index (χ1n) is 10.1. The molecule has 0 aromatic heterocycles. The number of amides is 1. The molecule has 2 unspecified atom stereocenters. The fourth-order valence-corrected chi connectivity index (χ4v) is 5.75. The van der Waals surface area contributed by atoms with Crippen LogP contribution >= 0.6 is 0 Å². The Morgan fingerprint density at radius 3 is 2.46 bits per heavy atom. The molecule has 1 amide bonds. The highest BCUT2D eigenvalue weighted by molar-refractivity contribution is 5.81. The summed E-state index contributed by atoms with van der Waals surface area (Å²) < 4.78 is 11.8. The molecule has 4 heteroatoms. The average molecular weight is 335 g/mol. The Kier molecular flexibility index (Phi) is 4.88. The van der Waals surface area contributed by atoms with Gasteiger partial charge in [-0.3, -0.25) is 4.79 Å². The van der Waals surface area contributed by atoms with E-state index in [0.717, 1.165) is 43.7 Å². The third kappa shape index (κ3) is 3.37. The van der Waals surface area contributed by atoms with Crippen molar-refractivity contribution in [1.82, 2.24) is 4.90 Å². The van der Waals surface area contributed by atoms with Gasteiger partial charge in [0.1, 0.15) is 6.10 Å². The van der Waals surface area contributed by atoms with E-state index in [1.807, 2.05) is 0 Å². The molecule has 0 aromatic rings. The lowest BCUT2D eigenvalue weighted by Gasteiger charge is -2.39. The van der Waals surface area contributed by atoms with Gasteiger partial charge in [-0.2, -0.15) is 0 Å². The van der Waals surface area contributed by atoms with Crippen LogP contribution in [-0.2, 0) is 14.3 Å². The minimum absolute atomic E-state index is 0.190. The van der Waals surface area contributed by atoms with E-state index in [9.17, 15) is 4.79 Å². The molecule has 2 aliphatic carbocycles. The van der Waals surface area contributed by atoms with Crippen LogP contribution in [0.5, 0.6) is 0 Å². The fraction of sp³-hybridized carbons (Fsp3) is 0.950. The van der Waals surface area contributed by atoms with Crippen molar-refractivity contribution in [3.8, 4) is 0 Å². The molecule has 5 aliphatic rings. The zero-order valence-corrected chi connectivity index (χ0v) is 15.3. The van der Waals surface area contributed by atoms with E-state index in [4.69, 9.17) is 9.47 Å². The summed E-state index contributed by atoms with van der Waals surface area (Å²) in [5.41, 5.74) is 0. The van der Waals surface area contributed by atoms with Gasteiger partial charge in [0.25, 0.3) is 5.91 Å². The van der Waals surface area contributed by atoms with E-state index in [1.165, 1.54) is 32.1 Å². The van der Waals surface area contributed by atoms with Crippen molar-refractivity contribution >= 4 is 5.91 Å². The largest absolute Gasteiger partial charge is 0.376 e. The second-order valence-corrected chi connectivity index (χ2v) is 9.05. The summed E-state index contributed by atoms with van der Waals surface area (Å²) in [6.45, 7) is 6.61. The molecule has 0 spiro atoms. The Labute approximate surface area is 146 Å². The third-order valence-corrected chi connectivity index (χ3v) is 6.72. The molecule has 0 radical (unpaired) electrons. The zero-order valence-electron chi connectivity index (χ0n) is 15.3. The summed E-state index contributed by atoms with van der Waals surface area (Å²) >= 11 is 0. The van der Waals surface area contributed by atoms with E-state index in [-0.39, 0.29) is 24.0 Å². The highest BCUT2D eigenvalue weighted by Gasteiger charge is 2.45. The standard InChI is InChI=1S/C20H33NO3/c1-13(2)19(24-12-18-4-3-5-23-18)20(22)21-11-16-7-14-6-15(8-16)10-17(21)9-14/h13-19H,3-12H2,1-2H3/t14-,15+,16?,17?,18-,19-/m1/s1. The molecule has 0 aromatic carbocycles. The van der Waals surface area contributed by atoms with Gasteiger partial charge in [-0.15, -0.1) is 0 Å². The topological polar surface area (TPSA) is 38.8 Å². The van der Waals surface area contributed by atoms with Crippen molar-refractivity contribution in [2.24, 2.45) is 23.7 Å². The maximum atomic E-state index is 13.3. The summed E-state index contributed by atoms with van der Waals surface area (Å²) in [7, 11) is 0. The van der Waals surface area contributed by atoms with Gasteiger partial charge in [-0.1, -0.05) is 13.8 Å². The van der Waals surface area contributed by atoms with Gasteiger partial charge in [-0.05, 0) is 68.6 Å². The van der Waals surface area contributed by atoms with Gasteiger partial charge < -0.3 is 14.4 Å². The normalized spacial score (nSPS) is 39.5. The smallest absolute Gasteiger partial charge is 0.252 e. The maximum Gasteiger partial charge on any atom is 0.252 e. The lowest BCUT2D eigenvalue weighted by atomic mass is 9.68. The molecular formula is C20H33NO3. The van der Waals surface area contributed by atoms with Crippen molar-refractivity contribution in [3.63, 3.8) is 0 Å². The summed E-state index contributed by atoms with van der Waals surface area (Å²) in [5, 5.41) is 0. The van der Waals surface area contributed by atoms with Crippen LogP contribution in [0.3, 0.4) is 0 Å². The average Bonchev–Trinajstić information content (AvgIpc) is 2.97. The van der Waals surface area contributed by atoms with Crippen LogP contribution < -0.4 is 0 Å². The molecule has 3 aliphatic heterocycles. The molecule has 0 N–H and O–H groups in total. The van der Waals surface area contributed by atoms with Crippen molar-refractivity contribution in [3.05, 3.63) is 0 Å². The predicted molar refractivity (Wildman–Crippen MR) is 92.6 cm³/mol. The number of hydrogen-bond donors (Lipinski definition) is 0. The van der Waals surface area contributed by atoms with E-state index in [2.05, 4.69) is 18.7 Å². The van der Waals surface area contributed by atoms with E-state index in [1.54, 1.807) is 0 Å².